The molecule has 0 unspecified atom stereocenters. The van der Waals surface area contributed by atoms with Crippen molar-refractivity contribution >= 4 is 23.4 Å². The fourth-order valence-corrected chi connectivity index (χ4v) is 1.38. The van der Waals surface area contributed by atoms with Gasteiger partial charge in [0.05, 0.1) is 0 Å². The number of rotatable bonds is 2. The predicted octanol–water partition coefficient (Wildman–Crippen LogP) is 1.49. The van der Waals surface area contributed by atoms with Gasteiger partial charge in [-0.25, -0.2) is 4.98 Å². The van der Waals surface area contributed by atoms with Gasteiger partial charge < -0.3 is 10.7 Å². The molecule has 3 N–H and O–H groups in total. The number of pyridine rings is 1. The summed E-state index contributed by atoms with van der Waals surface area (Å²) in [7, 11) is 0. The number of aromatic amines is 1. The van der Waals surface area contributed by atoms with Crippen LogP contribution in [-0.2, 0) is 6.42 Å². The Morgan fingerprint density at radius 2 is 2.31 bits per heavy atom. The minimum atomic E-state index is 0. The van der Waals surface area contributed by atoms with Gasteiger partial charge in [0.2, 0.25) is 0 Å². The Morgan fingerprint density at radius 3 is 3.08 bits per heavy atom. The van der Waals surface area contributed by atoms with E-state index in [0.29, 0.717) is 6.54 Å². The van der Waals surface area contributed by atoms with Crippen LogP contribution in [-0.4, -0.2) is 16.5 Å². The van der Waals surface area contributed by atoms with Gasteiger partial charge in [-0.3, -0.25) is 0 Å². The van der Waals surface area contributed by atoms with Gasteiger partial charge in [-0.2, -0.15) is 0 Å². The monoisotopic (exact) mass is 197 g/mol. The number of hydrogen-bond acceptors (Lipinski definition) is 2. The van der Waals surface area contributed by atoms with E-state index in [2.05, 4.69) is 16.0 Å². The van der Waals surface area contributed by atoms with Crippen molar-refractivity contribution < 1.29 is 0 Å². The summed E-state index contributed by atoms with van der Waals surface area (Å²) in [5.74, 6) is 0. The third-order valence-corrected chi connectivity index (χ3v) is 1.95. The second-order valence-electron chi connectivity index (χ2n) is 2.75. The Labute approximate surface area is 82.8 Å². The smallest absolute Gasteiger partial charge is 0.137 e. The first-order valence-electron chi connectivity index (χ1n) is 4.03. The predicted molar refractivity (Wildman–Crippen MR) is 56.1 cm³/mol. The van der Waals surface area contributed by atoms with Gasteiger partial charge >= 0.3 is 0 Å². The van der Waals surface area contributed by atoms with Crippen molar-refractivity contribution in [1.29, 1.82) is 0 Å². The molecule has 0 aliphatic rings. The molecule has 0 bridgehead atoms. The lowest BCUT2D eigenvalue weighted by Gasteiger charge is -1.93. The molecule has 0 radical (unpaired) electrons. The largest absolute Gasteiger partial charge is 0.346 e. The molecular weight excluding hydrogens is 186 g/mol. The van der Waals surface area contributed by atoms with Crippen LogP contribution < -0.4 is 5.73 Å². The summed E-state index contributed by atoms with van der Waals surface area (Å²) in [4.78, 5) is 7.29. The van der Waals surface area contributed by atoms with Gasteiger partial charge in [0, 0.05) is 17.8 Å². The lowest BCUT2D eigenvalue weighted by molar-refractivity contribution is 0.976. The van der Waals surface area contributed by atoms with E-state index in [9.17, 15) is 0 Å². The Morgan fingerprint density at radius 1 is 1.46 bits per heavy atom. The zero-order valence-corrected chi connectivity index (χ0v) is 7.97. The van der Waals surface area contributed by atoms with Crippen molar-refractivity contribution in [2.75, 3.05) is 6.54 Å². The number of hydrogen-bond donors (Lipinski definition) is 2. The highest BCUT2D eigenvalue weighted by molar-refractivity contribution is 5.85. The van der Waals surface area contributed by atoms with Crippen LogP contribution in [0.4, 0.5) is 0 Å². The average Bonchev–Trinajstić information content (AvgIpc) is 2.50. The van der Waals surface area contributed by atoms with Gasteiger partial charge in [-0.05, 0) is 30.7 Å². The van der Waals surface area contributed by atoms with Gasteiger partial charge in [0.15, 0.2) is 0 Å². The van der Waals surface area contributed by atoms with Crippen molar-refractivity contribution in [2.24, 2.45) is 5.73 Å². The van der Waals surface area contributed by atoms with E-state index in [-0.39, 0.29) is 12.4 Å². The van der Waals surface area contributed by atoms with E-state index in [1.165, 1.54) is 10.9 Å². The Kier molecular flexibility index (Phi) is 3.28. The molecule has 13 heavy (non-hydrogen) atoms. The SMILES string of the molecule is Cl.NCCc1c[nH]c2ncccc12. The Bertz CT molecular complexity index is 383. The van der Waals surface area contributed by atoms with Crippen LogP contribution in [0.3, 0.4) is 0 Å². The fraction of sp³-hybridized carbons (Fsp3) is 0.222. The van der Waals surface area contributed by atoms with Crippen molar-refractivity contribution in [2.45, 2.75) is 6.42 Å². The fourth-order valence-electron chi connectivity index (χ4n) is 1.38. The van der Waals surface area contributed by atoms with Crippen molar-refractivity contribution in [1.82, 2.24) is 9.97 Å². The van der Waals surface area contributed by atoms with E-state index in [0.717, 1.165) is 12.1 Å². The van der Waals surface area contributed by atoms with E-state index in [4.69, 9.17) is 5.73 Å². The van der Waals surface area contributed by atoms with Gasteiger partial charge in [0.1, 0.15) is 5.65 Å². The molecule has 0 saturated heterocycles. The molecule has 3 nitrogen and oxygen atoms in total. The van der Waals surface area contributed by atoms with Crippen LogP contribution in [0.25, 0.3) is 11.0 Å². The van der Waals surface area contributed by atoms with Crippen molar-refractivity contribution in [3.63, 3.8) is 0 Å². The standard InChI is InChI=1S/C9H11N3.ClH/c10-4-3-7-6-12-9-8(7)2-1-5-11-9;/h1-2,5-6H,3-4,10H2,(H,11,12);1H. The summed E-state index contributed by atoms with van der Waals surface area (Å²) in [5.41, 5.74) is 7.67. The molecule has 0 aliphatic carbocycles. The van der Waals surface area contributed by atoms with Crippen LogP contribution in [0.15, 0.2) is 24.5 Å². The minimum Gasteiger partial charge on any atom is -0.346 e. The summed E-state index contributed by atoms with van der Waals surface area (Å²) in [5, 5.41) is 1.18. The number of H-pyrrole nitrogens is 1. The second-order valence-corrected chi connectivity index (χ2v) is 2.75. The summed E-state index contributed by atoms with van der Waals surface area (Å²) >= 11 is 0. The van der Waals surface area contributed by atoms with Gasteiger partial charge in [0.25, 0.3) is 0 Å². The highest BCUT2D eigenvalue weighted by atomic mass is 35.5. The first-order chi connectivity index (χ1) is 5.92. The van der Waals surface area contributed by atoms with E-state index >= 15 is 0 Å². The number of nitrogens with two attached hydrogens (primary N) is 1. The van der Waals surface area contributed by atoms with Crippen molar-refractivity contribution in [3.05, 3.63) is 30.1 Å². The quantitative estimate of drug-likeness (QED) is 0.767. The van der Waals surface area contributed by atoms with Crippen LogP contribution >= 0.6 is 12.4 Å². The lowest BCUT2D eigenvalue weighted by Crippen LogP contribution is -2.01. The summed E-state index contributed by atoms with van der Waals surface area (Å²) in [6, 6.07) is 4.00. The van der Waals surface area contributed by atoms with Crippen molar-refractivity contribution in [3.8, 4) is 0 Å². The molecule has 0 aromatic carbocycles. The Hall–Kier alpha value is -1.06. The number of aromatic nitrogens is 2. The highest BCUT2D eigenvalue weighted by Crippen LogP contribution is 2.15. The third-order valence-electron chi connectivity index (χ3n) is 1.95. The number of nitrogens with one attached hydrogen (secondary N) is 1. The van der Waals surface area contributed by atoms with E-state index < -0.39 is 0 Å². The first-order valence-corrected chi connectivity index (χ1v) is 4.03. The molecule has 2 heterocycles. The maximum absolute atomic E-state index is 5.48. The molecule has 2 rings (SSSR count). The molecule has 0 aliphatic heterocycles. The molecule has 2 aromatic heterocycles. The summed E-state index contributed by atoms with van der Waals surface area (Å²) in [6.07, 6.45) is 4.67. The molecule has 0 spiro atoms. The molecule has 0 fully saturated rings. The molecule has 0 atom stereocenters. The number of fused-ring (bicyclic) bond motifs is 1. The van der Waals surface area contributed by atoms with Gasteiger partial charge in [-0.1, -0.05) is 0 Å². The Balaban J connectivity index is 0.000000845. The molecule has 0 amide bonds. The normalized spacial score (nSPS) is 9.92. The molecule has 2 aromatic rings. The maximum Gasteiger partial charge on any atom is 0.137 e. The highest BCUT2D eigenvalue weighted by Gasteiger charge is 2.01. The van der Waals surface area contributed by atoms with E-state index in [1.54, 1.807) is 6.20 Å². The first kappa shape index (κ1) is 10.0. The zero-order chi connectivity index (χ0) is 8.39. The van der Waals surface area contributed by atoms with E-state index in [1.807, 2.05) is 12.3 Å². The van der Waals surface area contributed by atoms with Gasteiger partial charge in [-0.15, -0.1) is 12.4 Å². The minimum absolute atomic E-state index is 0. The van der Waals surface area contributed by atoms with Crippen LogP contribution in [0.1, 0.15) is 5.56 Å². The topological polar surface area (TPSA) is 54.7 Å². The maximum atomic E-state index is 5.48. The molecule has 0 saturated carbocycles. The number of nitrogens with zero attached hydrogens (tertiary/aromatic N) is 1. The summed E-state index contributed by atoms with van der Waals surface area (Å²) < 4.78 is 0. The molecule has 4 heteroatoms. The molecular formula is C9H12ClN3. The summed E-state index contributed by atoms with van der Waals surface area (Å²) in [6.45, 7) is 0.682. The van der Waals surface area contributed by atoms with Crippen LogP contribution in [0.5, 0.6) is 0 Å². The lowest BCUT2D eigenvalue weighted by atomic mass is 10.2. The van der Waals surface area contributed by atoms with Crippen LogP contribution in [0.2, 0.25) is 0 Å². The van der Waals surface area contributed by atoms with Crippen LogP contribution in [0, 0.1) is 0 Å². The molecule has 70 valence electrons. The second kappa shape index (κ2) is 4.25. The third kappa shape index (κ3) is 1.82. The zero-order valence-electron chi connectivity index (χ0n) is 7.16. The number of halogens is 1. The average molecular weight is 198 g/mol.